The van der Waals surface area contributed by atoms with Gasteiger partial charge in [-0.3, -0.25) is 9.59 Å². The molecule has 0 radical (unpaired) electrons. The maximum absolute atomic E-state index is 11.9. The zero-order valence-corrected chi connectivity index (χ0v) is 14.8. The summed E-state index contributed by atoms with van der Waals surface area (Å²) in [5.74, 6) is -0.639. The number of ether oxygens (including phenoxy) is 1. The molecule has 0 aromatic heterocycles. The molecule has 0 amide bonds. The summed E-state index contributed by atoms with van der Waals surface area (Å²) in [6.07, 6.45) is 0.120. The van der Waals surface area contributed by atoms with E-state index < -0.39 is 14.2 Å². The maximum atomic E-state index is 11.9. The monoisotopic (exact) mass is 300 g/mol. The van der Waals surface area contributed by atoms with Crippen molar-refractivity contribution in [3.05, 3.63) is 0 Å². The SMILES string of the molecule is CCC(=O)C[C@H]1C(=O)O[C@@H](C)[C@@H]1O[Si](C)(C)C(C)(C)C. The maximum Gasteiger partial charge on any atom is 0.312 e. The van der Waals surface area contributed by atoms with Crippen molar-refractivity contribution < 1.29 is 18.8 Å². The van der Waals surface area contributed by atoms with Gasteiger partial charge in [-0.1, -0.05) is 27.7 Å². The summed E-state index contributed by atoms with van der Waals surface area (Å²) in [7, 11) is -1.99. The van der Waals surface area contributed by atoms with Crippen LogP contribution in [0.3, 0.4) is 0 Å². The van der Waals surface area contributed by atoms with Gasteiger partial charge in [-0.15, -0.1) is 0 Å². The van der Waals surface area contributed by atoms with Crippen molar-refractivity contribution in [2.75, 3.05) is 0 Å². The smallest absolute Gasteiger partial charge is 0.312 e. The Kier molecular flexibility index (Phi) is 5.19. The van der Waals surface area contributed by atoms with Crippen LogP contribution in [0, 0.1) is 5.92 Å². The first kappa shape index (κ1) is 17.4. The number of rotatable bonds is 5. The Morgan fingerprint density at radius 2 is 1.90 bits per heavy atom. The summed E-state index contributed by atoms with van der Waals surface area (Å²) in [6, 6.07) is 0. The molecule has 1 aliphatic rings. The molecule has 0 spiro atoms. The van der Waals surface area contributed by atoms with E-state index in [2.05, 4.69) is 33.9 Å². The van der Waals surface area contributed by atoms with Crippen LogP contribution in [0.25, 0.3) is 0 Å². The van der Waals surface area contributed by atoms with Gasteiger partial charge in [-0.25, -0.2) is 0 Å². The van der Waals surface area contributed by atoms with Crippen molar-refractivity contribution in [2.24, 2.45) is 5.92 Å². The molecule has 1 fully saturated rings. The summed E-state index contributed by atoms with van der Waals surface area (Å²) >= 11 is 0. The highest BCUT2D eigenvalue weighted by atomic mass is 28.4. The van der Waals surface area contributed by atoms with Crippen molar-refractivity contribution in [3.8, 4) is 0 Å². The van der Waals surface area contributed by atoms with Gasteiger partial charge in [0.25, 0.3) is 0 Å². The van der Waals surface area contributed by atoms with E-state index in [9.17, 15) is 9.59 Å². The minimum atomic E-state index is -1.99. The fraction of sp³-hybridized carbons (Fsp3) is 0.867. The number of esters is 1. The molecule has 0 bridgehead atoms. The van der Waals surface area contributed by atoms with Crippen molar-refractivity contribution >= 4 is 20.1 Å². The predicted molar refractivity (Wildman–Crippen MR) is 81.0 cm³/mol. The van der Waals surface area contributed by atoms with Crippen LogP contribution in [-0.2, 0) is 18.8 Å². The Morgan fingerprint density at radius 1 is 1.35 bits per heavy atom. The van der Waals surface area contributed by atoms with Crippen LogP contribution in [0.2, 0.25) is 18.1 Å². The lowest BCUT2D eigenvalue weighted by atomic mass is 9.95. The predicted octanol–water partition coefficient (Wildman–Crippen LogP) is 3.31. The van der Waals surface area contributed by atoms with Gasteiger partial charge in [0.05, 0.1) is 12.0 Å². The molecule has 0 aliphatic carbocycles. The van der Waals surface area contributed by atoms with Gasteiger partial charge in [-0.2, -0.15) is 0 Å². The van der Waals surface area contributed by atoms with Crippen LogP contribution in [-0.4, -0.2) is 32.3 Å². The molecule has 3 atom stereocenters. The van der Waals surface area contributed by atoms with Gasteiger partial charge < -0.3 is 9.16 Å². The quantitative estimate of drug-likeness (QED) is 0.577. The Balaban J connectivity index is 2.89. The van der Waals surface area contributed by atoms with Crippen molar-refractivity contribution in [1.82, 2.24) is 0 Å². The van der Waals surface area contributed by atoms with Gasteiger partial charge in [0.2, 0.25) is 0 Å². The number of hydrogen-bond donors (Lipinski definition) is 0. The van der Waals surface area contributed by atoms with Crippen LogP contribution in [0.5, 0.6) is 0 Å². The van der Waals surface area contributed by atoms with Crippen molar-refractivity contribution in [1.29, 1.82) is 0 Å². The van der Waals surface area contributed by atoms with Crippen LogP contribution in [0.15, 0.2) is 0 Å². The second-order valence-electron chi connectivity index (χ2n) is 7.19. The molecule has 0 N–H and O–H groups in total. The number of hydrogen-bond acceptors (Lipinski definition) is 4. The number of carbonyl (C=O) groups is 2. The van der Waals surface area contributed by atoms with Crippen molar-refractivity contribution in [2.45, 2.75) is 77.8 Å². The van der Waals surface area contributed by atoms with E-state index >= 15 is 0 Å². The summed E-state index contributed by atoms with van der Waals surface area (Å²) in [5, 5.41) is 0.0671. The van der Waals surface area contributed by atoms with Gasteiger partial charge in [0, 0.05) is 12.8 Å². The molecule has 0 unspecified atom stereocenters. The average molecular weight is 300 g/mol. The minimum Gasteiger partial charge on any atom is -0.460 e. The van der Waals surface area contributed by atoms with E-state index in [0.717, 1.165) is 0 Å². The Labute approximate surface area is 123 Å². The lowest BCUT2D eigenvalue weighted by Crippen LogP contribution is -2.47. The van der Waals surface area contributed by atoms with E-state index in [-0.39, 0.29) is 35.4 Å². The lowest BCUT2D eigenvalue weighted by molar-refractivity contribution is -0.145. The average Bonchev–Trinajstić information content (AvgIpc) is 2.54. The molecule has 0 aromatic carbocycles. The Hall–Kier alpha value is -0.683. The third-order valence-electron chi connectivity index (χ3n) is 4.54. The fourth-order valence-electron chi connectivity index (χ4n) is 2.08. The first-order chi connectivity index (χ1) is 8.99. The van der Waals surface area contributed by atoms with Crippen LogP contribution >= 0.6 is 0 Å². The zero-order valence-electron chi connectivity index (χ0n) is 13.8. The summed E-state index contributed by atoms with van der Waals surface area (Å²) < 4.78 is 11.6. The highest BCUT2D eigenvalue weighted by molar-refractivity contribution is 6.74. The summed E-state index contributed by atoms with van der Waals surface area (Å²) in [5.41, 5.74) is 0. The Bertz CT molecular complexity index is 384. The van der Waals surface area contributed by atoms with E-state index in [4.69, 9.17) is 9.16 Å². The summed E-state index contributed by atoms with van der Waals surface area (Å²) in [6.45, 7) is 14.5. The highest BCUT2D eigenvalue weighted by Crippen LogP contribution is 2.40. The molecule has 1 heterocycles. The molecule has 1 saturated heterocycles. The molecule has 1 rings (SSSR count). The number of carbonyl (C=O) groups excluding carboxylic acids is 2. The fourth-order valence-corrected chi connectivity index (χ4v) is 3.47. The van der Waals surface area contributed by atoms with E-state index in [0.29, 0.717) is 6.42 Å². The molecule has 5 heteroatoms. The highest BCUT2D eigenvalue weighted by Gasteiger charge is 2.49. The first-order valence-electron chi connectivity index (χ1n) is 7.39. The third-order valence-corrected chi connectivity index (χ3v) is 9.02. The number of cyclic esters (lactones) is 1. The molecule has 4 nitrogen and oxygen atoms in total. The molecular formula is C15H28O4Si. The number of Topliss-reactive ketones (excluding diaryl/α,β-unsaturated/α-hetero) is 1. The van der Waals surface area contributed by atoms with Crippen LogP contribution in [0.1, 0.15) is 47.5 Å². The van der Waals surface area contributed by atoms with Gasteiger partial charge in [0.15, 0.2) is 8.32 Å². The largest absolute Gasteiger partial charge is 0.460 e. The summed E-state index contributed by atoms with van der Waals surface area (Å²) in [4.78, 5) is 23.6. The third kappa shape index (κ3) is 3.70. The van der Waals surface area contributed by atoms with E-state index in [1.807, 2.05) is 13.8 Å². The first-order valence-corrected chi connectivity index (χ1v) is 10.3. The normalized spacial score (nSPS) is 27.6. The molecular weight excluding hydrogens is 272 g/mol. The zero-order chi connectivity index (χ0) is 15.7. The van der Waals surface area contributed by atoms with E-state index in [1.54, 1.807) is 0 Å². The van der Waals surface area contributed by atoms with Crippen LogP contribution < -0.4 is 0 Å². The molecule has 0 saturated carbocycles. The second kappa shape index (κ2) is 5.98. The minimum absolute atomic E-state index is 0.0671. The standard InChI is InChI=1S/C15H28O4Si/c1-8-11(16)9-12-13(10(2)18-14(12)17)19-20(6,7)15(3,4)5/h10,12-13H,8-9H2,1-7H3/t10-,12+,13-/m0/s1. The Morgan fingerprint density at radius 3 is 2.35 bits per heavy atom. The molecule has 0 aromatic rings. The topological polar surface area (TPSA) is 52.6 Å². The molecule has 20 heavy (non-hydrogen) atoms. The molecule has 1 aliphatic heterocycles. The number of ketones is 1. The van der Waals surface area contributed by atoms with Crippen molar-refractivity contribution in [3.63, 3.8) is 0 Å². The van der Waals surface area contributed by atoms with Gasteiger partial charge >= 0.3 is 5.97 Å². The van der Waals surface area contributed by atoms with Gasteiger partial charge in [0.1, 0.15) is 11.9 Å². The van der Waals surface area contributed by atoms with Crippen LogP contribution in [0.4, 0.5) is 0 Å². The molecule has 116 valence electrons. The van der Waals surface area contributed by atoms with E-state index in [1.165, 1.54) is 0 Å². The van der Waals surface area contributed by atoms with Gasteiger partial charge in [-0.05, 0) is 25.1 Å². The second-order valence-corrected chi connectivity index (χ2v) is 11.9. The lowest BCUT2D eigenvalue weighted by Gasteiger charge is -2.39.